The lowest BCUT2D eigenvalue weighted by molar-refractivity contribution is -0.117. The van der Waals surface area contributed by atoms with Gasteiger partial charge in [0.15, 0.2) is 9.84 Å². The summed E-state index contributed by atoms with van der Waals surface area (Å²) in [5.74, 6) is -0.545. The van der Waals surface area contributed by atoms with E-state index in [4.69, 9.17) is 5.73 Å². The Morgan fingerprint density at radius 1 is 1.12 bits per heavy atom. The lowest BCUT2D eigenvalue weighted by Gasteiger charge is -2.13. The molecule has 2 aromatic carbocycles. The molecule has 0 heterocycles. The maximum absolute atomic E-state index is 12.6. The third-order valence-electron chi connectivity index (χ3n) is 4.15. The zero-order valence-electron chi connectivity index (χ0n) is 15.0. The second-order valence-electron chi connectivity index (χ2n) is 6.32. The van der Waals surface area contributed by atoms with E-state index in [1.54, 1.807) is 42.5 Å². The third-order valence-corrected chi connectivity index (χ3v) is 5.90. The van der Waals surface area contributed by atoms with Crippen molar-refractivity contribution in [3.05, 3.63) is 60.2 Å². The Labute approximate surface area is 155 Å². The fourth-order valence-electron chi connectivity index (χ4n) is 2.56. The number of para-hydroxylation sites is 1. The fraction of sp³-hybridized carbons (Fsp3) is 0.350. The highest BCUT2D eigenvalue weighted by atomic mass is 32.2. The van der Waals surface area contributed by atoms with Gasteiger partial charge in [0.25, 0.3) is 0 Å². The van der Waals surface area contributed by atoms with Gasteiger partial charge in [-0.05, 0) is 49.1 Å². The standard InChI is InChI=1S/C20H26N2O3S/c1-2-3-8-16-9-7-12-18(15-16)26(24,25)14-13-19(21)20(23)22-17-10-5-4-6-11-17/h4-7,9-12,15,19H,2-3,8,13-14,21H2,1H3,(H,22,23). The van der Waals surface area contributed by atoms with Crippen molar-refractivity contribution in [3.8, 4) is 0 Å². The molecular weight excluding hydrogens is 348 g/mol. The van der Waals surface area contributed by atoms with Crippen LogP contribution in [0.15, 0.2) is 59.5 Å². The number of hydrogen-bond acceptors (Lipinski definition) is 4. The quantitative estimate of drug-likeness (QED) is 0.705. The molecular formula is C20H26N2O3S. The van der Waals surface area contributed by atoms with Crippen LogP contribution in [0.1, 0.15) is 31.7 Å². The number of nitrogens with one attached hydrogen (secondary N) is 1. The van der Waals surface area contributed by atoms with Crippen molar-refractivity contribution in [2.45, 2.75) is 43.5 Å². The van der Waals surface area contributed by atoms with E-state index in [1.165, 1.54) is 0 Å². The normalized spacial score (nSPS) is 12.5. The number of sulfone groups is 1. The fourth-order valence-corrected chi connectivity index (χ4v) is 3.98. The zero-order chi connectivity index (χ0) is 19.0. The van der Waals surface area contributed by atoms with Crippen molar-refractivity contribution < 1.29 is 13.2 Å². The molecule has 6 heteroatoms. The van der Waals surface area contributed by atoms with Crippen molar-refractivity contribution in [3.63, 3.8) is 0 Å². The van der Waals surface area contributed by atoms with Crippen molar-refractivity contribution in [1.82, 2.24) is 0 Å². The Bertz CT molecular complexity index is 820. The first kappa shape index (κ1) is 20.1. The summed E-state index contributed by atoms with van der Waals surface area (Å²) in [5.41, 5.74) is 7.52. The number of unbranched alkanes of at least 4 members (excludes halogenated alkanes) is 1. The highest BCUT2D eigenvalue weighted by Crippen LogP contribution is 2.16. The minimum absolute atomic E-state index is 0.0696. The molecule has 0 bridgehead atoms. The van der Waals surface area contributed by atoms with Gasteiger partial charge in [0.1, 0.15) is 0 Å². The number of amides is 1. The van der Waals surface area contributed by atoms with Crippen LogP contribution in [-0.4, -0.2) is 26.1 Å². The summed E-state index contributed by atoms with van der Waals surface area (Å²) in [7, 11) is -3.47. The minimum Gasteiger partial charge on any atom is -0.325 e. The van der Waals surface area contributed by atoms with E-state index in [-0.39, 0.29) is 18.1 Å². The Morgan fingerprint density at radius 2 is 1.85 bits per heavy atom. The summed E-state index contributed by atoms with van der Waals surface area (Å²) in [5, 5.41) is 2.69. The first-order valence-electron chi connectivity index (χ1n) is 8.85. The Balaban J connectivity index is 1.95. The van der Waals surface area contributed by atoms with Crippen LogP contribution in [-0.2, 0) is 21.1 Å². The van der Waals surface area contributed by atoms with Crippen LogP contribution >= 0.6 is 0 Å². The molecule has 5 nitrogen and oxygen atoms in total. The topological polar surface area (TPSA) is 89.3 Å². The molecule has 3 N–H and O–H groups in total. The largest absolute Gasteiger partial charge is 0.325 e. The molecule has 0 aliphatic heterocycles. The monoisotopic (exact) mass is 374 g/mol. The molecule has 0 aliphatic carbocycles. The number of nitrogens with two attached hydrogens (primary N) is 1. The summed E-state index contributed by atoms with van der Waals surface area (Å²) in [6.07, 6.45) is 3.01. The number of carbonyl (C=O) groups excluding carboxylic acids is 1. The van der Waals surface area contributed by atoms with Gasteiger partial charge in [0, 0.05) is 5.69 Å². The first-order chi connectivity index (χ1) is 12.4. The maximum atomic E-state index is 12.6. The van der Waals surface area contributed by atoms with Crippen LogP contribution in [0.25, 0.3) is 0 Å². The van der Waals surface area contributed by atoms with E-state index in [2.05, 4.69) is 12.2 Å². The number of aryl methyl sites for hydroxylation is 1. The highest BCUT2D eigenvalue weighted by molar-refractivity contribution is 7.91. The molecule has 140 valence electrons. The second-order valence-corrected chi connectivity index (χ2v) is 8.43. The molecule has 0 aliphatic rings. The van der Waals surface area contributed by atoms with Gasteiger partial charge in [-0.15, -0.1) is 0 Å². The summed E-state index contributed by atoms with van der Waals surface area (Å²) in [4.78, 5) is 12.4. The molecule has 26 heavy (non-hydrogen) atoms. The molecule has 0 saturated heterocycles. The Kier molecular flexibility index (Phi) is 7.36. The van der Waals surface area contributed by atoms with E-state index >= 15 is 0 Å². The molecule has 0 radical (unpaired) electrons. The molecule has 1 amide bonds. The number of rotatable bonds is 9. The summed E-state index contributed by atoms with van der Waals surface area (Å²) in [6, 6.07) is 15.1. The Hall–Kier alpha value is -2.18. The van der Waals surface area contributed by atoms with Gasteiger partial charge in [0.2, 0.25) is 5.91 Å². The third kappa shape index (κ3) is 5.97. The van der Waals surface area contributed by atoms with Crippen LogP contribution in [0.5, 0.6) is 0 Å². The maximum Gasteiger partial charge on any atom is 0.241 e. The van der Waals surface area contributed by atoms with Gasteiger partial charge in [-0.1, -0.05) is 43.7 Å². The van der Waals surface area contributed by atoms with Crippen LogP contribution in [0.2, 0.25) is 0 Å². The van der Waals surface area contributed by atoms with E-state index in [0.717, 1.165) is 24.8 Å². The number of hydrogen-bond donors (Lipinski definition) is 2. The molecule has 0 saturated carbocycles. The van der Waals surface area contributed by atoms with E-state index in [9.17, 15) is 13.2 Å². The van der Waals surface area contributed by atoms with E-state index < -0.39 is 15.9 Å². The second kappa shape index (κ2) is 9.50. The van der Waals surface area contributed by atoms with Crippen LogP contribution in [0.4, 0.5) is 5.69 Å². The predicted molar refractivity (Wildman–Crippen MR) is 105 cm³/mol. The van der Waals surface area contributed by atoms with Gasteiger partial charge in [0.05, 0.1) is 16.7 Å². The van der Waals surface area contributed by atoms with Crippen LogP contribution in [0, 0.1) is 0 Å². The van der Waals surface area contributed by atoms with E-state index in [0.29, 0.717) is 10.6 Å². The van der Waals surface area contributed by atoms with Gasteiger partial charge in [-0.3, -0.25) is 4.79 Å². The first-order valence-corrected chi connectivity index (χ1v) is 10.5. The van der Waals surface area contributed by atoms with Crippen molar-refractivity contribution in [1.29, 1.82) is 0 Å². The van der Waals surface area contributed by atoms with Crippen molar-refractivity contribution in [2.75, 3.05) is 11.1 Å². The molecule has 2 rings (SSSR count). The van der Waals surface area contributed by atoms with E-state index in [1.807, 2.05) is 12.1 Å². The average molecular weight is 375 g/mol. The predicted octanol–water partition coefficient (Wildman–Crippen LogP) is 3.16. The van der Waals surface area contributed by atoms with Crippen molar-refractivity contribution >= 4 is 21.4 Å². The summed E-state index contributed by atoms with van der Waals surface area (Å²) in [6.45, 7) is 2.10. The average Bonchev–Trinajstić information content (AvgIpc) is 2.65. The van der Waals surface area contributed by atoms with Crippen LogP contribution in [0.3, 0.4) is 0 Å². The minimum atomic E-state index is -3.47. The zero-order valence-corrected chi connectivity index (χ0v) is 15.8. The Morgan fingerprint density at radius 3 is 2.54 bits per heavy atom. The van der Waals surface area contributed by atoms with Gasteiger partial charge in [-0.2, -0.15) is 0 Å². The molecule has 2 aromatic rings. The lowest BCUT2D eigenvalue weighted by Crippen LogP contribution is -2.37. The SMILES string of the molecule is CCCCc1cccc(S(=O)(=O)CCC(N)C(=O)Nc2ccccc2)c1. The van der Waals surface area contributed by atoms with Crippen molar-refractivity contribution in [2.24, 2.45) is 5.73 Å². The number of carbonyl (C=O) groups is 1. The highest BCUT2D eigenvalue weighted by Gasteiger charge is 2.20. The smallest absolute Gasteiger partial charge is 0.241 e. The summed E-state index contributed by atoms with van der Waals surface area (Å²) < 4.78 is 25.1. The lowest BCUT2D eigenvalue weighted by atomic mass is 10.1. The molecule has 1 unspecified atom stereocenters. The molecule has 0 fully saturated rings. The van der Waals surface area contributed by atoms with Gasteiger partial charge in [-0.25, -0.2) is 8.42 Å². The number of benzene rings is 2. The molecule has 0 aromatic heterocycles. The molecule has 0 spiro atoms. The van der Waals surface area contributed by atoms with Gasteiger partial charge < -0.3 is 11.1 Å². The van der Waals surface area contributed by atoms with Crippen LogP contribution < -0.4 is 11.1 Å². The summed E-state index contributed by atoms with van der Waals surface area (Å²) >= 11 is 0. The number of anilines is 1. The molecule has 1 atom stereocenters. The van der Waals surface area contributed by atoms with Gasteiger partial charge >= 0.3 is 0 Å².